The molecule has 0 saturated heterocycles. The van der Waals surface area contributed by atoms with E-state index in [1.165, 1.54) is 6.08 Å². The Bertz CT molecular complexity index is 629. The van der Waals surface area contributed by atoms with E-state index in [4.69, 9.17) is 0 Å². The predicted octanol–water partition coefficient (Wildman–Crippen LogP) is 4.38. The molecule has 2 aromatic carbocycles. The molecule has 2 aromatic rings. The molecule has 2 rings (SSSR count). The lowest BCUT2D eigenvalue weighted by Crippen LogP contribution is -1.92. The Hall–Kier alpha value is -1.74. The molecule has 0 amide bonds. The maximum atomic E-state index is 14.0. The van der Waals surface area contributed by atoms with E-state index < -0.39 is 16.0 Å². The molecule has 19 heavy (non-hydrogen) atoms. The quantitative estimate of drug-likeness (QED) is 0.811. The summed E-state index contributed by atoms with van der Waals surface area (Å²) in [5.74, 6) is 0. The lowest BCUT2D eigenvalue weighted by atomic mass is 10.1. The third-order valence-electron chi connectivity index (χ3n) is 2.87. The molecule has 0 bridgehead atoms. The Kier molecular flexibility index (Phi) is 4.27. The summed E-state index contributed by atoms with van der Waals surface area (Å²) in [7, 11) is -1.75. The number of aryl methyl sites for hydroxylation is 2. The minimum atomic E-state index is -1.75. The Morgan fingerprint density at radius 1 is 1.05 bits per heavy atom. The molecule has 0 aliphatic rings. The Morgan fingerprint density at radius 2 is 1.68 bits per heavy atom. The van der Waals surface area contributed by atoms with Crippen LogP contribution in [0.5, 0.6) is 0 Å². The van der Waals surface area contributed by atoms with Gasteiger partial charge in [-0.25, -0.2) is 4.21 Å². The average molecular weight is 274 g/mol. The average Bonchev–Trinajstić information content (AvgIpc) is 2.41. The molecule has 0 unspecified atom stereocenters. The highest BCUT2D eigenvalue weighted by Gasteiger charge is 2.10. The second-order valence-electron chi connectivity index (χ2n) is 4.39. The highest BCUT2D eigenvalue weighted by atomic mass is 32.2. The first-order valence-corrected chi connectivity index (χ1v) is 7.14. The molecule has 98 valence electrons. The van der Waals surface area contributed by atoms with E-state index in [1.807, 2.05) is 44.2 Å². The van der Waals surface area contributed by atoms with Gasteiger partial charge in [-0.15, -0.1) is 0 Å². The summed E-state index contributed by atoms with van der Waals surface area (Å²) in [6.45, 7) is 3.83. The molecule has 0 radical (unpaired) electrons. The van der Waals surface area contributed by atoms with Crippen molar-refractivity contribution in [2.45, 2.75) is 18.7 Å². The van der Waals surface area contributed by atoms with E-state index in [9.17, 15) is 8.60 Å². The van der Waals surface area contributed by atoms with Crippen LogP contribution in [0.25, 0.3) is 6.08 Å². The second-order valence-corrected chi connectivity index (χ2v) is 5.79. The lowest BCUT2D eigenvalue weighted by Gasteiger charge is -2.02. The zero-order valence-corrected chi connectivity index (χ0v) is 11.7. The molecule has 0 heterocycles. The zero-order chi connectivity index (χ0) is 13.8. The maximum absolute atomic E-state index is 14.0. The Labute approximate surface area is 115 Å². The van der Waals surface area contributed by atoms with Gasteiger partial charge in [0.1, 0.15) is 10.8 Å². The smallest absolute Gasteiger partial charge is 0.192 e. The van der Waals surface area contributed by atoms with Crippen molar-refractivity contribution >= 4 is 16.9 Å². The van der Waals surface area contributed by atoms with Crippen LogP contribution in [-0.2, 0) is 10.8 Å². The number of benzene rings is 2. The van der Waals surface area contributed by atoms with Gasteiger partial charge >= 0.3 is 0 Å². The molecule has 0 saturated carbocycles. The van der Waals surface area contributed by atoms with Crippen LogP contribution in [0.4, 0.5) is 4.39 Å². The van der Waals surface area contributed by atoms with Gasteiger partial charge in [-0.1, -0.05) is 42.0 Å². The van der Waals surface area contributed by atoms with Crippen molar-refractivity contribution in [2.24, 2.45) is 0 Å². The summed E-state index contributed by atoms with van der Waals surface area (Å²) in [5, 5.41) is -0.627. The summed E-state index contributed by atoms with van der Waals surface area (Å²) in [6, 6.07) is 14.5. The first-order chi connectivity index (χ1) is 9.08. The molecular formula is C16H15FOS. The highest BCUT2D eigenvalue weighted by Crippen LogP contribution is 2.20. The molecule has 0 N–H and O–H groups in total. The Balaban J connectivity index is 2.29. The van der Waals surface area contributed by atoms with E-state index in [0.29, 0.717) is 4.90 Å². The van der Waals surface area contributed by atoms with E-state index in [1.54, 1.807) is 18.2 Å². The monoisotopic (exact) mass is 274 g/mol. The van der Waals surface area contributed by atoms with Gasteiger partial charge in [-0.2, -0.15) is 4.39 Å². The van der Waals surface area contributed by atoms with Crippen molar-refractivity contribution in [3.63, 3.8) is 0 Å². The van der Waals surface area contributed by atoms with Crippen LogP contribution >= 0.6 is 0 Å². The van der Waals surface area contributed by atoms with Gasteiger partial charge in [0.25, 0.3) is 0 Å². The van der Waals surface area contributed by atoms with Gasteiger partial charge in [0.2, 0.25) is 0 Å². The molecule has 0 aliphatic heterocycles. The SMILES string of the molecule is Cc1ccc([S@](=O)/C(F)=C/c2ccccc2C)cc1. The normalized spacial score (nSPS) is 13.3. The van der Waals surface area contributed by atoms with E-state index in [-0.39, 0.29) is 0 Å². The van der Waals surface area contributed by atoms with E-state index in [0.717, 1.165) is 16.7 Å². The minimum absolute atomic E-state index is 0.480. The molecule has 3 heteroatoms. The number of rotatable bonds is 3. The summed E-state index contributed by atoms with van der Waals surface area (Å²) in [5.41, 5.74) is 2.77. The molecule has 0 aliphatic carbocycles. The fourth-order valence-corrected chi connectivity index (χ4v) is 2.54. The maximum Gasteiger partial charge on any atom is 0.192 e. The third kappa shape index (κ3) is 3.38. The zero-order valence-electron chi connectivity index (χ0n) is 10.9. The second kappa shape index (κ2) is 5.93. The van der Waals surface area contributed by atoms with Crippen molar-refractivity contribution < 1.29 is 8.60 Å². The minimum Gasteiger partial charge on any atom is -0.247 e. The summed E-state index contributed by atoms with van der Waals surface area (Å²) in [4.78, 5) is 0.480. The van der Waals surface area contributed by atoms with Crippen molar-refractivity contribution in [1.29, 1.82) is 0 Å². The van der Waals surface area contributed by atoms with Gasteiger partial charge in [-0.05, 0) is 43.2 Å². The van der Waals surface area contributed by atoms with Crippen molar-refractivity contribution in [3.05, 3.63) is 70.4 Å². The summed E-state index contributed by atoms with van der Waals surface area (Å²) >= 11 is 0. The molecule has 0 fully saturated rings. The van der Waals surface area contributed by atoms with Gasteiger partial charge < -0.3 is 0 Å². The van der Waals surface area contributed by atoms with E-state index >= 15 is 0 Å². The molecule has 1 atom stereocenters. The predicted molar refractivity (Wildman–Crippen MR) is 77.9 cm³/mol. The first-order valence-electron chi connectivity index (χ1n) is 5.99. The van der Waals surface area contributed by atoms with Crippen molar-refractivity contribution in [2.75, 3.05) is 0 Å². The molecule has 0 aromatic heterocycles. The number of halogens is 1. The number of hydrogen-bond donors (Lipinski definition) is 0. The fourth-order valence-electron chi connectivity index (χ4n) is 1.70. The van der Waals surface area contributed by atoms with Crippen LogP contribution in [0.15, 0.2) is 58.6 Å². The summed E-state index contributed by atoms with van der Waals surface area (Å²) in [6.07, 6.45) is 1.34. The topological polar surface area (TPSA) is 17.1 Å². The van der Waals surface area contributed by atoms with E-state index in [2.05, 4.69) is 0 Å². The van der Waals surface area contributed by atoms with Crippen LogP contribution in [0, 0.1) is 13.8 Å². The van der Waals surface area contributed by atoms with Gasteiger partial charge in [0.15, 0.2) is 5.16 Å². The Morgan fingerprint density at radius 3 is 2.32 bits per heavy atom. The molecule has 0 spiro atoms. The van der Waals surface area contributed by atoms with Crippen molar-refractivity contribution in [1.82, 2.24) is 0 Å². The lowest BCUT2D eigenvalue weighted by molar-refractivity contribution is 0.653. The first kappa shape index (κ1) is 13.7. The van der Waals surface area contributed by atoms with Crippen LogP contribution in [0.1, 0.15) is 16.7 Å². The largest absolute Gasteiger partial charge is 0.247 e. The third-order valence-corrected chi connectivity index (χ3v) is 4.04. The van der Waals surface area contributed by atoms with Gasteiger partial charge in [0.05, 0.1) is 0 Å². The van der Waals surface area contributed by atoms with Gasteiger partial charge in [0, 0.05) is 4.90 Å². The van der Waals surface area contributed by atoms with Crippen LogP contribution in [-0.4, -0.2) is 4.21 Å². The van der Waals surface area contributed by atoms with Crippen LogP contribution in [0.2, 0.25) is 0 Å². The molecular weight excluding hydrogens is 259 g/mol. The van der Waals surface area contributed by atoms with Crippen molar-refractivity contribution in [3.8, 4) is 0 Å². The van der Waals surface area contributed by atoms with Crippen LogP contribution < -0.4 is 0 Å². The standard InChI is InChI=1S/C16H15FOS/c1-12-7-9-15(10-8-12)19(18)16(17)11-14-6-4-3-5-13(14)2/h3-11H,1-2H3/b16-11+/t19-/m0/s1. The van der Waals surface area contributed by atoms with Crippen LogP contribution in [0.3, 0.4) is 0 Å². The highest BCUT2D eigenvalue weighted by molar-refractivity contribution is 7.89. The molecule has 1 nitrogen and oxygen atoms in total. The summed E-state index contributed by atoms with van der Waals surface area (Å²) < 4.78 is 26.0. The fraction of sp³-hybridized carbons (Fsp3) is 0.125. The number of hydrogen-bond acceptors (Lipinski definition) is 1. The van der Waals surface area contributed by atoms with Gasteiger partial charge in [-0.3, -0.25) is 0 Å².